The summed E-state index contributed by atoms with van der Waals surface area (Å²) in [6, 6.07) is 7.61. The van der Waals surface area contributed by atoms with Crippen LogP contribution in [-0.4, -0.2) is 29.1 Å². The van der Waals surface area contributed by atoms with Gasteiger partial charge in [-0.2, -0.15) is 0 Å². The number of benzene rings is 1. The first-order valence-electron chi connectivity index (χ1n) is 6.80. The second-order valence-corrected chi connectivity index (χ2v) is 5.78. The fourth-order valence-electron chi connectivity index (χ4n) is 3.67. The third-order valence-electron chi connectivity index (χ3n) is 4.77. The van der Waals surface area contributed by atoms with Crippen LogP contribution in [0.4, 0.5) is 4.39 Å². The van der Waals surface area contributed by atoms with Crippen LogP contribution in [0, 0.1) is 11.7 Å². The summed E-state index contributed by atoms with van der Waals surface area (Å²) in [5.41, 5.74) is 0.726. The van der Waals surface area contributed by atoms with Crippen LogP contribution in [0.2, 0.25) is 0 Å². The molecule has 98 valence electrons. The molecule has 0 aliphatic carbocycles. The van der Waals surface area contributed by atoms with Crippen molar-refractivity contribution in [1.29, 1.82) is 0 Å². The summed E-state index contributed by atoms with van der Waals surface area (Å²) in [5.74, 6) is 0.0166. The standard InChI is InChI=1S/C15H20FNO/c1-17-13-5-6-14(17)9-11(8-13)15(18)10-3-2-4-12(16)7-10/h2-4,7,11,13-15,18H,5-6,8-9H2,1H3. The lowest BCUT2D eigenvalue weighted by atomic mass is 9.84. The summed E-state index contributed by atoms with van der Waals surface area (Å²) in [7, 11) is 2.19. The van der Waals surface area contributed by atoms with E-state index in [1.807, 2.05) is 6.07 Å². The maximum absolute atomic E-state index is 13.2. The van der Waals surface area contributed by atoms with Crippen molar-refractivity contribution in [3.8, 4) is 0 Å². The zero-order valence-corrected chi connectivity index (χ0v) is 10.7. The quantitative estimate of drug-likeness (QED) is 0.871. The molecule has 1 aromatic carbocycles. The minimum atomic E-state index is -0.516. The average Bonchev–Trinajstić information content (AvgIpc) is 2.61. The highest BCUT2D eigenvalue weighted by molar-refractivity contribution is 5.20. The Bertz CT molecular complexity index is 422. The third-order valence-corrected chi connectivity index (χ3v) is 4.77. The monoisotopic (exact) mass is 249 g/mol. The highest BCUT2D eigenvalue weighted by atomic mass is 19.1. The van der Waals surface area contributed by atoms with Crippen molar-refractivity contribution in [3.63, 3.8) is 0 Å². The molecule has 3 heteroatoms. The average molecular weight is 249 g/mol. The van der Waals surface area contributed by atoms with Crippen LogP contribution in [0.3, 0.4) is 0 Å². The smallest absolute Gasteiger partial charge is 0.123 e. The van der Waals surface area contributed by atoms with Crippen molar-refractivity contribution in [2.75, 3.05) is 7.05 Å². The molecule has 3 unspecified atom stereocenters. The molecule has 0 radical (unpaired) electrons. The normalized spacial score (nSPS) is 33.6. The van der Waals surface area contributed by atoms with Crippen molar-refractivity contribution in [2.45, 2.75) is 43.9 Å². The van der Waals surface area contributed by atoms with Gasteiger partial charge in [-0.15, -0.1) is 0 Å². The van der Waals surface area contributed by atoms with Gasteiger partial charge in [0.1, 0.15) is 5.82 Å². The Balaban J connectivity index is 1.76. The van der Waals surface area contributed by atoms with Gasteiger partial charge in [0.2, 0.25) is 0 Å². The molecular formula is C15H20FNO. The molecule has 2 aliphatic heterocycles. The third kappa shape index (κ3) is 2.06. The number of nitrogens with zero attached hydrogens (tertiary/aromatic N) is 1. The van der Waals surface area contributed by atoms with Crippen molar-refractivity contribution >= 4 is 0 Å². The predicted molar refractivity (Wildman–Crippen MR) is 68.7 cm³/mol. The SMILES string of the molecule is CN1C2CCC1CC(C(O)c1cccc(F)c1)C2. The minimum Gasteiger partial charge on any atom is -0.388 e. The fraction of sp³-hybridized carbons (Fsp3) is 0.600. The van der Waals surface area contributed by atoms with Gasteiger partial charge in [0.15, 0.2) is 0 Å². The summed E-state index contributed by atoms with van der Waals surface area (Å²) >= 11 is 0. The van der Waals surface area contributed by atoms with E-state index >= 15 is 0 Å². The van der Waals surface area contributed by atoms with Crippen LogP contribution in [0.15, 0.2) is 24.3 Å². The molecule has 3 rings (SSSR count). The molecule has 2 bridgehead atoms. The van der Waals surface area contributed by atoms with E-state index in [1.165, 1.54) is 25.0 Å². The lowest BCUT2D eigenvalue weighted by Crippen LogP contribution is -2.41. The van der Waals surface area contributed by atoms with Gasteiger partial charge in [0.05, 0.1) is 6.10 Å². The van der Waals surface area contributed by atoms with Crippen molar-refractivity contribution < 1.29 is 9.50 Å². The summed E-state index contributed by atoms with van der Waals surface area (Å²) in [6.45, 7) is 0. The van der Waals surface area contributed by atoms with Crippen LogP contribution >= 0.6 is 0 Å². The maximum Gasteiger partial charge on any atom is 0.123 e. The van der Waals surface area contributed by atoms with Gasteiger partial charge in [-0.1, -0.05) is 12.1 Å². The molecule has 3 atom stereocenters. The van der Waals surface area contributed by atoms with Gasteiger partial charge >= 0.3 is 0 Å². The predicted octanol–water partition coefficient (Wildman–Crippen LogP) is 2.73. The maximum atomic E-state index is 13.2. The lowest BCUT2D eigenvalue weighted by molar-refractivity contribution is 0.0355. The molecule has 2 saturated heterocycles. The van der Waals surface area contributed by atoms with Gasteiger partial charge in [0.25, 0.3) is 0 Å². The second kappa shape index (κ2) is 4.63. The molecule has 0 saturated carbocycles. The molecule has 0 spiro atoms. The van der Waals surface area contributed by atoms with Crippen molar-refractivity contribution in [3.05, 3.63) is 35.6 Å². The van der Waals surface area contributed by atoms with E-state index in [4.69, 9.17) is 0 Å². The first-order chi connectivity index (χ1) is 8.65. The molecule has 0 amide bonds. The summed E-state index contributed by atoms with van der Waals surface area (Å²) < 4.78 is 13.2. The van der Waals surface area contributed by atoms with E-state index in [2.05, 4.69) is 11.9 Å². The molecule has 2 aliphatic rings. The molecule has 0 aromatic heterocycles. The highest BCUT2D eigenvalue weighted by Crippen LogP contribution is 2.42. The number of hydrogen-bond acceptors (Lipinski definition) is 2. The van der Waals surface area contributed by atoms with Gasteiger partial charge in [-0.3, -0.25) is 0 Å². The summed E-state index contributed by atoms with van der Waals surface area (Å²) in [5, 5.41) is 10.4. The first-order valence-corrected chi connectivity index (χ1v) is 6.80. The van der Waals surface area contributed by atoms with Gasteiger partial charge in [-0.25, -0.2) is 4.39 Å². The Kier molecular flexibility index (Phi) is 3.12. The van der Waals surface area contributed by atoms with E-state index < -0.39 is 6.10 Å². The second-order valence-electron chi connectivity index (χ2n) is 5.78. The molecule has 1 N–H and O–H groups in total. The van der Waals surface area contributed by atoms with E-state index in [-0.39, 0.29) is 11.7 Å². The van der Waals surface area contributed by atoms with Crippen LogP contribution in [-0.2, 0) is 0 Å². The van der Waals surface area contributed by atoms with Crippen LogP contribution in [0.1, 0.15) is 37.4 Å². The Hall–Kier alpha value is -0.930. The number of aliphatic hydroxyl groups is 1. The number of fused-ring (bicyclic) bond motifs is 2. The van der Waals surface area contributed by atoms with Crippen LogP contribution in [0.25, 0.3) is 0 Å². The topological polar surface area (TPSA) is 23.5 Å². The minimum absolute atomic E-state index is 0.262. The van der Waals surface area contributed by atoms with Gasteiger partial charge in [0, 0.05) is 12.1 Å². The van der Waals surface area contributed by atoms with E-state index in [9.17, 15) is 9.50 Å². The Labute approximate surface area is 107 Å². The molecule has 1 aromatic rings. The van der Waals surface area contributed by atoms with E-state index in [0.29, 0.717) is 12.1 Å². The highest BCUT2D eigenvalue weighted by Gasteiger charge is 2.40. The van der Waals surface area contributed by atoms with Crippen molar-refractivity contribution in [2.24, 2.45) is 5.92 Å². The molecule has 18 heavy (non-hydrogen) atoms. The Morgan fingerprint density at radius 2 is 1.94 bits per heavy atom. The molecule has 2 fully saturated rings. The Morgan fingerprint density at radius 3 is 2.56 bits per heavy atom. The summed E-state index contributed by atoms with van der Waals surface area (Å²) in [6.07, 6.45) is 4.04. The largest absolute Gasteiger partial charge is 0.388 e. The first kappa shape index (κ1) is 12.1. The van der Waals surface area contributed by atoms with E-state index in [0.717, 1.165) is 18.4 Å². The fourth-order valence-corrected chi connectivity index (χ4v) is 3.67. The van der Waals surface area contributed by atoms with Gasteiger partial charge < -0.3 is 10.0 Å². The van der Waals surface area contributed by atoms with Crippen LogP contribution < -0.4 is 0 Å². The summed E-state index contributed by atoms with van der Waals surface area (Å²) in [4.78, 5) is 2.45. The zero-order valence-electron chi connectivity index (χ0n) is 10.7. The lowest BCUT2D eigenvalue weighted by Gasteiger charge is -2.38. The molecule has 2 heterocycles. The number of halogens is 1. The number of aliphatic hydroxyl groups excluding tert-OH is 1. The molecular weight excluding hydrogens is 229 g/mol. The number of rotatable bonds is 2. The van der Waals surface area contributed by atoms with Gasteiger partial charge in [-0.05, 0) is 56.3 Å². The van der Waals surface area contributed by atoms with Crippen LogP contribution in [0.5, 0.6) is 0 Å². The molecule has 2 nitrogen and oxygen atoms in total. The number of hydrogen-bond donors (Lipinski definition) is 1. The van der Waals surface area contributed by atoms with E-state index in [1.54, 1.807) is 6.07 Å². The zero-order chi connectivity index (χ0) is 12.7. The Morgan fingerprint density at radius 1 is 1.28 bits per heavy atom. The van der Waals surface area contributed by atoms with Crippen molar-refractivity contribution in [1.82, 2.24) is 4.90 Å². The number of piperidine rings is 1.